The summed E-state index contributed by atoms with van der Waals surface area (Å²) in [6.45, 7) is 2.44. The van der Waals surface area contributed by atoms with Crippen LogP contribution in [0.4, 0.5) is 10.5 Å². The van der Waals surface area contributed by atoms with E-state index in [4.69, 9.17) is 0 Å². The number of hydrogen-bond acceptors (Lipinski definition) is 3. The lowest BCUT2D eigenvalue weighted by atomic mass is 9.98. The largest absolute Gasteiger partial charge is 0.363 e. The Morgan fingerprint density at radius 1 is 0.929 bits per heavy atom. The molecule has 1 aliphatic heterocycles. The monoisotopic (exact) mass is 376 g/mol. The smallest absolute Gasteiger partial charge is 0.319 e. The van der Waals surface area contributed by atoms with Gasteiger partial charge in [0.15, 0.2) is 0 Å². The fraction of sp³-hybridized carbons (Fsp3) is 0.273. The summed E-state index contributed by atoms with van der Waals surface area (Å²) in [5.74, 6) is 0. The Labute approximate surface area is 164 Å². The minimum absolute atomic E-state index is 0.00959. The normalized spacial score (nSPS) is 14.4. The number of fused-ring (bicyclic) bond motifs is 1. The highest BCUT2D eigenvalue weighted by Gasteiger charge is 2.26. The van der Waals surface area contributed by atoms with Gasteiger partial charge in [-0.1, -0.05) is 48.5 Å². The molecule has 1 N–H and O–H groups in total. The predicted molar refractivity (Wildman–Crippen MR) is 113 cm³/mol. The SMILES string of the molecule is CN(C)C(=O)N1CCN(c2c(-c3ccccc3)c3ccccc3[nH]c2=O)CC1. The maximum Gasteiger partial charge on any atom is 0.319 e. The van der Waals surface area contributed by atoms with Gasteiger partial charge < -0.3 is 19.7 Å². The van der Waals surface area contributed by atoms with Crippen molar-refractivity contribution >= 4 is 22.6 Å². The van der Waals surface area contributed by atoms with Crippen LogP contribution in [0.25, 0.3) is 22.0 Å². The van der Waals surface area contributed by atoms with E-state index >= 15 is 0 Å². The van der Waals surface area contributed by atoms with E-state index in [1.54, 1.807) is 19.0 Å². The van der Waals surface area contributed by atoms with Gasteiger partial charge in [0.2, 0.25) is 0 Å². The minimum Gasteiger partial charge on any atom is -0.363 e. The number of piperazine rings is 1. The molecule has 1 aromatic heterocycles. The molecule has 1 aliphatic rings. The van der Waals surface area contributed by atoms with E-state index in [0.29, 0.717) is 31.9 Å². The molecular formula is C22H24N4O2. The number of carbonyl (C=O) groups excluding carboxylic acids is 1. The molecule has 3 aromatic rings. The van der Waals surface area contributed by atoms with E-state index in [9.17, 15) is 9.59 Å². The number of pyridine rings is 1. The number of aromatic amines is 1. The summed E-state index contributed by atoms with van der Waals surface area (Å²) < 4.78 is 0. The first-order chi connectivity index (χ1) is 13.6. The van der Waals surface area contributed by atoms with E-state index in [-0.39, 0.29) is 11.6 Å². The second-order valence-electron chi connectivity index (χ2n) is 7.24. The van der Waals surface area contributed by atoms with Crippen molar-refractivity contribution in [2.75, 3.05) is 45.2 Å². The summed E-state index contributed by atoms with van der Waals surface area (Å²) in [4.78, 5) is 33.9. The van der Waals surface area contributed by atoms with Crippen LogP contribution >= 0.6 is 0 Å². The van der Waals surface area contributed by atoms with Crippen molar-refractivity contribution in [1.82, 2.24) is 14.8 Å². The first kappa shape index (κ1) is 18.1. The highest BCUT2D eigenvalue weighted by Crippen LogP contribution is 2.34. The van der Waals surface area contributed by atoms with Crippen LogP contribution in [0.2, 0.25) is 0 Å². The van der Waals surface area contributed by atoms with Crippen molar-refractivity contribution in [3.8, 4) is 11.1 Å². The summed E-state index contributed by atoms with van der Waals surface area (Å²) in [5, 5.41) is 1.02. The third-order valence-corrected chi connectivity index (χ3v) is 5.21. The zero-order chi connectivity index (χ0) is 19.7. The number of aromatic nitrogens is 1. The second-order valence-corrected chi connectivity index (χ2v) is 7.24. The average molecular weight is 376 g/mol. The highest BCUT2D eigenvalue weighted by atomic mass is 16.2. The Morgan fingerprint density at radius 2 is 1.57 bits per heavy atom. The summed E-state index contributed by atoms with van der Waals surface area (Å²) >= 11 is 0. The summed E-state index contributed by atoms with van der Waals surface area (Å²) in [6, 6.07) is 17.9. The topological polar surface area (TPSA) is 59.7 Å². The Morgan fingerprint density at radius 3 is 2.25 bits per heavy atom. The van der Waals surface area contributed by atoms with Crippen LogP contribution in [-0.4, -0.2) is 61.1 Å². The Hall–Kier alpha value is -3.28. The molecule has 0 saturated carbocycles. The van der Waals surface area contributed by atoms with Crippen molar-refractivity contribution in [2.24, 2.45) is 0 Å². The van der Waals surface area contributed by atoms with Crippen molar-refractivity contribution < 1.29 is 4.79 Å². The van der Waals surface area contributed by atoms with Crippen LogP contribution in [0, 0.1) is 0 Å². The number of H-pyrrole nitrogens is 1. The van der Waals surface area contributed by atoms with Gasteiger partial charge in [0, 0.05) is 56.7 Å². The maximum absolute atomic E-state index is 13.1. The van der Waals surface area contributed by atoms with Crippen LogP contribution in [-0.2, 0) is 0 Å². The molecule has 1 fully saturated rings. The molecule has 0 bridgehead atoms. The Kier molecular flexibility index (Phi) is 4.77. The first-order valence-electron chi connectivity index (χ1n) is 9.48. The fourth-order valence-corrected chi connectivity index (χ4v) is 3.84. The maximum atomic E-state index is 13.1. The molecule has 0 atom stereocenters. The van der Waals surface area contributed by atoms with Crippen molar-refractivity contribution in [3.05, 3.63) is 65.0 Å². The summed E-state index contributed by atoms with van der Waals surface area (Å²) in [7, 11) is 3.52. The summed E-state index contributed by atoms with van der Waals surface area (Å²) in [5.41, 5.74) is 3.39. The predicted octanol–water partition coefficient (Wildman–Crippen LogP) is 3.00. The molecule has 4 rings (SSSR count). The van der Waals surface area contributed by atoms with Gasteiger partial charge in [-0.05, 0) is 11.6 Å². The van der Waals surface area contributed by atoms with Gasteiger partial charge in [-0.3, -0.25) is 4.79 Å². The molecule has 1 saturated heterocycles. The number of carbonyl (C=O) groups is 1. The molecule has 2 heterocycles. The van der Waals surface area contributed by atoms with Gasteiger partial charge >= 0.3 is 6.03 Å². The fourth-order valence-electron chi connectivity index (χ4n) is 3.84. The van der Waals surface area contributed by atoms with Gasteiger partial charge in [0.05, 0.1) is 0 Å². The third kappa shape index (κ3) is 3.22. The van der Waals surface area contributed by atoms with E-state index in [1.807, 2.05) is 59.5 Å². The number of urea groups is 1. The molecule has 0 aliphatic carbocycles. The van der Waals surface area contributed by atoms with Crippen molar-refractivity contribution in [2.45, 2.75) is 0 Å². The Balaban J connectivity index is 1.79. The van der Waals surface area contributed by atoms with Crippen LogP contribution in [0.5, 0.6) is 0 Å². The van der Waals surface area contributed by atoms with Crippen LogP contribution in [0.3, 0.4) is 0 Å². The second kappa shape index (κ2) is 7.38. The van der Waals surface area contributed by atoms with Crippen LogP contribution < -0.4 is 10.5 Å². The number of nitrogens with one attached hydrogen (secondary N) is 1. The number of nitrogens with zero attached hydrogens (tertiary/aromatic N) is 3. The van der Waals surface area contributed by atoms with Crippen LogP contribution in [0.15, 0.2) is 59.4 Å². The first-order valence-corrected chi connectivity index (χ1v) is 9.48. The van der Waals surface area contributed by atoms with Gasteiger partial charge in [0.25, 0.3) is 5.56 Å². The van der Waals surface area contributed by atoms with E-state index < -0.39 is 0 Å². The average Bonchev–Trinajstić information content (AvgIpc) is 2.73. The number of para-hydroxylation sites is 1. The lowest BCUT2D eigenvalue weighted by Crippen LogP contribution is -2.52. The van der Waals surface area contributed by atoms with E-state index in [1.165, 1.54) is 0 Å². The van der Waals surface area contributed by atoms with Crippen molar-refractivity contribution in [1.29, 1.82) is 0 Å². The number of rotatable bonds is 2. The van der Waals surface area contributed by atoms with E-state index in [0.717, 1.165) is 22.0 Å². The molecular weight excluding hydrogens is 352 g/mol. The molecule has 0 spiro atoms. The van der Waals surface area contributed by atoms with Gasteiger partial charge in [-0.2, -0.15) is 0 Å². The molecule has 6 nitrogen and oxygen atoms in total. The molecule has 2 amide bonds. The molecule has 144 valence electrons. The lowest BCUT2D eigenvalue weighted by molar-refractivity contribution is 0.168. The number of anilines is 1. The highest BCUT2D eigenvalue weighted by molar-refractivity contribution is 6.00. The van der Waals surface area contributed by atoms with E-state index in [2.05, 4.69) is 9.88 Å². The zero-order valence-electron chi connectivity index (χ0n) is 16.2. The molecule has 2 aromatic carbocycles. The van der Waals surface area contributed by atoms with Gasteiger partial charge in [0.1, 0.15) is 5.69 Å². The summed E-state index contributed by atoms with van der Waals surface area (Å²) in [6.07, 6.45) is 0. The standard InChI is InChI=1S/C22H24N4O2/c1-24(2)22(28)26-14-12-25(13-15-26)20-19(16-8-4-3-5-9-16)17-10-6-7-11-18(17)23-21(20)27/h3-11H,12-15H2,1-2H3,(H,23,27). The molecule has 6 heteroatoms. The number of benzene rings is 2. The quantitative estimate of drug-likeness (QED) is 0.748. The van der Waals surface area contributed by atoms with Crippen molar-refractivity contribution in [3.63, 3.8) is 0 Å². The van der Waals surface area contributed by atoms with Gasteiger partial charge in [-0.25, -0.2) is 4.79 Å². The Bertz CT molecular complexity index is 1050. The number of amides is 2. The molecule has 28 heavy (non-hydrogen) atoms. The lowest BCUT2D eigenvalue weighted by Gasteiger charge is -2.37. The molecule has 0 unspecified atom stereocenters. The zero-order valence-corrected chi connectivity index (χ0v) is 16.2. The minimum atomic E-state index is -0.0926. The van der Waals surface area contributed by atoms with Crippen LogP contribution in [0.1, 0.15) is 0 Å². The molecule has 0 radical (unpaired) electrons. The number of hydrogen-bond donors (Lipinski definition) is 1. The van der Waals surface area contributed by atoms with Gasteiger partial charge in [-0.15, -0.1) is 0 Å². The third-order valence-electron chi connectivity index (χ3n) is 5.21.